The Morgan fingerprint density at radius 3 is 2.75 bits per heavy atom. The van der Waals surface area contributed by atoms with Crippen molar-refractivity contribution in [1.82, 2.24) is 10.2 Å². The number of aliphatic hydroxyl groups excluding tert-OH is 1. The maximum atomic E-state index is 12.1. The molecule has 0 aliphatic carbocycles. The van der Waals surface area contributed by atoms with Crippen molar-refractivity contribution in [3.05, 3.63) is 24.2 Å². The van der Waals surface area contributed by atoms with Crippen LogP contribution in [-0.4, -0.2) is 47.6 Å². The molecule has 2 N–H and O–H groups in total. The van der Waals surface area contributed by atoms with Crippen LogP contribution in [0.2, 0.25) is 0 Å². The van der Waals surface area contributed by atoms with Crippen LogP contribution < -0.4 is 5.32 Å². The van der Waals surface area contributed by atoms with Crippen molar-refractivity contribution in [2.75, 3.05) is 19.7 Å². The number of nitrogens with one attached hydrogen (secondary N) is 1. The average molecular weight is 280 g/mol. The van der Waals surface area contributed by atoms with Gasteiger partial charge in [0.15, 0.2) is 0 Å². The van der Waals surface area contributed by atoms with Crippen molar-refractivity contribution >= 4 is 11.8 Å². The Morgan fingerprint density at radius 1 is 1.50 bits per heavy atom. The normalized spacial score (nSPS) is 17.8. The summed E-state index contributed by atoms with van der Waals surface area (Å²) in [5.74, 6) is -0.180. The van der Waals surface area contributed by atoms with E-state index in [0.717, 1.165) is 0 Å². The lowest BCUT2D eigenvalue weighted by molar-refractivity contribution is -0.127. The highest BCUT2D eigenvalue weighted by Crippen LogP contribution is 2.19. The molecule has 0 bridgehead atoms. The molecule has 1 saturated heterocycles. The van der Waals surface area contributed by atoms with Gasteiger partial charge in [-0.1, -0.05) is 0 Å². The summed E-state index contributed by atoms with van der Waals surface area (Å²) < 4.78 is 4.91. The standard InChI is InChI=1S/C14H20N2O4/c1-10(8-17)15-13(18)11-2-5-16(6-3-11)14(19)12-4-7-20-9-12/h4,7,9-11,17H,2-3,5-6,8H2,1H3,(H,15,18). The minimum absolute atomic E-state index is 0.0399. The van der Waals surface area contributed by atoms with Gasteiger partial charge in [0.05, 0.1) is 18.4 Å². The van der Waals surface area contributed by atoms with Crippen LogP contribution in [-0.2, 0) is 4.79 Å². The van der Waals surface area contributed by atoms with Crippen molar-refractivity contribution in [2.24, 2.45) is 5.92 Å². The molecule has 6 nitrogen and oxygen atoms in total. The van der Waals surface area contributed by atoms with Crippen LogP contribution in [0.4, 0.5) is 0 Å². The van der Waals surface area contributed by atoms with Crippen molar-refractivity contribution in [2.45, 2.75) is 25.8 Å². The minimum atomic E-state index is -0.229. The molecule has 110 valence electrons. The van der Waals surface area contributed by atoms with Crippen LogP contribution in [0.25, 0.3) is 0 Å². The molecule has 0 radical (unpaired) electrons. The number of piperidine rings is 1. The lowest BCUT2D eigenvalue weighted by Gasteiger charge is -2.31. The van der Waals surface area contributed by atoms with Crippen molar-refractivity contribution < 1.29 is 19.1 Å². The quantitative estimate of drug-likeness (QED) is 0.847. The third-order valence-electron chi connectivity index (χ3n) is 3.58. The molecule has 0 saturated carbocycles. The first kappa shape index (κ1) is 14.6. The van der Waals surface area contributed by atoms with Crippen LogP contribution in [0.15, 0.2) is 23.0 Å². The van der Waals surface area contributed by atoms with Gasteiger partial charge in [-0.25, -0.2) is 0 Å². The minimum Gasteiger partial charge on any atom is -0.472 e. The first-order chi connectivity index (χ1) is 9.61. The van der Waals surface area contributed by atoms with Crippen LogP contribution in [0, 0.1) is 5.92 Å². The molecule has 1 aliphatic rings. The molecule has 2 rings (SSSR count). The Bertz CT molecular complexity index is 450. The number of likely N-dealkylation sites (tertiary alicyclic amines) is 1. The Hall–Kier alpha value is -1.82. The summed E-state index contributed by atoms with van der Waals surface area (Å²) in [5, 5.41) is 11.7. The summed E-state index contributed by atoms with van der Waals surface area (Å²) in [4.78, 5) is 25.8. The molecule has 1 fully saturated rings. The van der Waals surface area contributed by atoms with E-state index in [2.05, 4.69) is 5.32 Å². The van der Waals surface area contributed by atoms with E-state index in [1.54, 1.807) is 17.9 Å². The summed E-state index contributed by atoms with van der Waals surface area (Å²) in [6.45, 7) is 2.82. The third kappa shape index (κ3) is 3.39. The molecular formula is C14H20N2O4. The number of rotatable bonds is 4. The van der Waals surface area contributed by atoms with Crippen molar-refractivity contribution in [1.29, 1.82) is 0 Å². The second-order valence-electron chi connectivity index (χ2n) is 5.17. The smallest absolute Gasteiger partial charge is 0.257 e. The number of hydrogen-bond donors (Lipinski definition) is 2. The van der Waals surface area contributed by atoms with Crippen molar-refractivity contribution in [3.8, 4) is 0 Å². The number of nitrogens with zero attached hydrogens (tertiary/aromatic N) is 1. The maximum absolute atomic E-state index is 12.1. The van der Waals surface area contributed by atoms with Gasteiger partial charge in [-0.3, -0.25) is 9.59 Å². The van der Waals surface area contributed by atoms with E-state index < -0.39 is 0 Å². The zero-order chi connectivity index (χ0) is 14.5. The zero-order valence-corrected chi connectivity index (χ0v) is 11.5. The fourth-order valence-corrected chi connectivity index (χ4v) is 2.32. The predicted molar refractivity (Wildman–Crippen MR) is 72.0 cm³/mol. The molecule has 1 aromatic heterocycles. The average Bonchev–Trinajstić information content (AvgIpc) is 3.00. The molecule has 20 heavy (non-hydrogen) atoms. The van der Waals surface area contributed by atoms with Gasteiger partial charge in [0, 0.05) is 25.0 Å². The van der Waals surface area contributed by atoms with Gasteiger partial charge in [0.1, 0.15) is 6.26 Å². The Morgan fingerprint density at radius 2 is 2.20 bits per heavy atom. The topological polar surface area (TPSA) is 82.8 Å². The Labute approximate surface area is 117 Å². The van der Waals surface area contributed by atoms with Gasteiger partial charge in [0.25, 0.3) is 5.91 Å². The largest absolute Gasteiger partial charge is 0.472 e. The maximum Gasteiger partial charge on any atom is 0.257 e. The first-order valence-corrected chi connectivity index (χ1v) is 6.84. The summed E-state index contributed by atoms with van der Waals surface area (Å²) in [5.41, 5.74) is 0.543. The number of carbonyl (C=O) groups excluding carboxylic acids is 2. The van der Waals surface area contributed by atoms with E-state index >= 15 is 0 Å². The molecule has 1 aliphatic heterocycles. The number of aliphatic hydroxyl groups is 1. The molecule has 0 aromatic carbocycles. The highest BCUT2D eigenvalue weighted by molar-refractivity contribution is 5.94. The van der Waals surface area contributed by atoms with Gasteiger partial charge < -0.3 is 19.7 Å². The van der Waals surface area contributed by atoms with Gasteiger partial charge >= 0.3 is 0 Å². The lowest BCUT2D eigenvalue weighted by atomic mass is 9.95. The fourth-order valence-electron chi connectivity index (χ4n) is 2.32. The summed E-state index contributed by atoms with van der Waals surface area (Å²) in [6.07, 6.45) is 4.20. The summed E-state index contributed by atoms with van der Waals surface area (Å²) in [6, 6.07) is 1.41. The highest BCUT2D eigenvalue weighted by atomic mass is 16.3. The molecule has 1 aromatic rings. The molecule has 2 amide bonds. The van der Waals surface area contributed by atoms with E-state index in [-0.39, 0.29) is 30.4 Å². The second kappa shape index (κ2) is 6.56. The Kier molecular flexibility index (Phi) is 4.79. The Balaban J connectivity index is 1.83. The number of furan rings is 1. The van der Waals surface area contributed by atoms with E-state index in [9.17, 15) is 9.59 Å². The predicted octanol–water partition coefficient (Wildman–Crippen LogP) is 0.629. The third-order valence-corrected chi connectivity index (χ3v) is 3.58. The summed E-state index contributed by atoms with van der Waals surface area (Å²) >= 11 is 0. The van der Waals surface area contributed by atoms with E-state index in [1.165, 1.54) is 12.5 Å². The fraction of sp³-hybridized carbons (Fsp3) is 0.571. The van der Waals surface area contributed by atoms with Crippen LogP contribution in [0.5, 0.6) is 0 Å². The van der Waals surface area contributed by atoms with E-state index in [4.69, 9.17) is 9.52 Å². The van der Waals surface area contributed by atoms with Crippen LogP contribution in [0.3, 0.4) is 0 Å². The highest BCUT2D eigenvalue weighted by Gasteiger charge is 2.28. The van der Waals surface area contributed by atoms with Crippen LogP contribution >= 0.6 is 0 Å². The second-order valence-corrected chi connectivity index (χ2v) is 5.17. The van der Waals surface area contributed by atoms with Gasteiger partial charge in [-0.05, 0) is 25.8 Å². The molecule has 1 unspecified atom stereocenters. The SMILES string of the molecule is CC(CO)NC(=O)C1CCN(C(=O)c2ccoc2)CC1. The van der Waals surface area contributed by atoms with Gasteiger partial charge in [-0.2, -0.15) is 0 Å². The lowest BCUT2D eigenvalue weighted by Crippen LogP contribution is -2.45. The van der Waals surface area contributed by atoms with Crippen LogP contribution in [0.1, 0.15) is 30.1 Å². The number of amides is 2. The molecule has 0 spiro atoms. The van der Waals surface area contributed by atoms with Gasteiger partial charge in [0.2, 0.25) is 5.91 Å². The van der Waals surface area contributed by atoms with E-state index in [1.807, 2.05) is 0 Å². The molecule has 6 heteroatoms. The number of carbonyl (C=O) groups is 2. The first-order valence-electron chi connectivity index (χ1n) is 6.84. The molecular weight excluding hydrogens is 260 g/mol. The van der Waals surface area contributed by atoms with E-state index in [0.29, 0.717) is 31.5 Å². The monoisotopic (exact) mass is 280 g/mol. The number of hydrogen-bond acceptors (Lipinski definition) is 4. The van der Waals surface area contributed by atoms with Gasteiger partial charge in [-0.15, -0.1) is 0 Å². The zero-order valence-electron chi connectivity index (χ0n) is 11.5. The summed E-state index contributed by atoms with van der Waals surface area (Å²) in [7, 11) is 0. The van der Waals surface area contributed by atoms with Crippen molar-refractivity contribution in [3.63, 3.8) is 0 Å². The molecule has 2 heterocycles. The molecule has 1 atom stereocenters.